The highest BCUT2D eigenvalue weighted by Crippen LogP contribution is 2.27. The van der Waals surface area contributed by atoms with Crippen LogP contribution in [0.3, 0.4) is 0 Å². The molecular formula is C12H14N2O. The summed E-state index contributed by atoms with van der Waals surface area (Å²) >= 11 is 0. The van der Waals surface area contributed by atoms with E-state index in [1.54, 1.807) is 7.11 Å². The van der Waals surface area contributed by atoms with E-state index in [4.69, 9.17) is 10.5 Å². The smallest absolute Gasteiger partial charge is 0.128 e. The molecule has 2 aromatic rings. The first-order chi connectivity index (χ1) is 7.36. The van der Waals surface area contributed by atoms with E-state index < -0.39 is 0 Å². The fraction of sp³-hybridized carbons (Fsp3) is 0.250. The van der Waals surface area contributed by atoms with Gasteiger partial charge in [-0.05, 0) is 24.1 Å². The van der Waals surface area contributed by atoms with Gasteiger partial charge in [-0.1, -0.05) is 12.1 Å². The molecule has 2 rings (SSSR count). The summed E-state index contributed by atoms with van der Waals surface area (Å²) in [6.45, 7) is 0.601. The van der Waals surface area contributed by atoms with Crippen LogP contribution in [0.25, 0.3) is 10.8 Å². The number of ether oxygens (including phenoxy) is 1. The lowest BCUT2D eigenvalue weighted by Gasteiger charge is -2.08. The Hall–Kier alpha value is -1.61. The molecule has 0 aliphatic heterocycles. The van der Waals surface area contributed by atoms with Gasteiger partial charge in [0, 0.05) is 18.0 Å². The SMILES string of the molecule is COc1cccc2ccnc(CCN)c12. The van der Waals surface area contributed by atoms with Crippen LogP contribution in [0.4, 0.5) is 0 Å². The Morgan fingerprint density at radius 3 is 2.93 bits per heavy atom. The number of hydrogen-bond acceptors (Lipinski definition) is 3. The first kappa shape index (κ1) is 9.93. The Morgan fingerprint density at radius 1 is 1.33 bits per heavy atom. The van der Waals surface area contributed by atoms with E-state index in [-0.39, 0.29) is 0 Å². The van der Waals surface area contributed by atoms with E-state index in [0.717, 1.165) is 28.6 Å². The van der Waals surface area contributed by atoms with Crippen LogP contribution in [0, 0.1) is 0 Å². The number of nitrogens with two attached hydrogens (primary N) is 1. The normalized spacial score (nSPS) is 10.5. The maximum absolute atomic E-state index is 5.56. The van der Waals surface area contributed by atoms with Crippen molar-refractivity contribution in [1.29, 1.82) is 0 Å². The fourth-order valence-electron chi connectivity index (χ4n) is 1.76. The van der Waals surface area contributed by atoms with Gasteiger partial charge < -0.3 is 10.5 Å². The zero-order valence-electron chi connectivity index (χ0n) is 8.73. The van der Waals surface area contributed by atoms with Crippen molar-refractivity contribution in [2.24, 2.45) is 5.73 Å². The first-order valence-corrected chi connectivity index (χ1v) is 4.97. The fourth-order valence-corrected chi connectivity index (χ4v) is 1.76. The third-order valence-corrected chi connectivity index (χ3v) is 2.43. The van der Waals surface area contributed by atoms with Gasteiger partial charge in [-0.25, -0.2) is 0 Å². The van der Waals surface area contributed by atoms with Gasteiger partial charge in [0.25, 0.3) is 0 Å². The lowest BCUT2D eigenvalue weighted by Crippen LogP contribution is -2.05. The molecule has 0 amide bonds. The van der Waals surface area contributed by atoms with Gasteiger partial charge in [0.1, 0.15) is 5.75 Å². The van der Waals surface area contributed by atoms with E-state index in [9.17, 15) is 0 Å². The van der Waals surface area contributed by atoms with Gasteiger partial charge >= 0.3 is 0 Å². The van der Waals surface area contributed by atoms with Crippen LogP contribution < -0.4 is 10.5 Å². The monoisotopic (exact) mass is 202 g/mol. The minimum Gasteiger partial charge on any atom is -0.496 e. The maximum atomic E-state index is 5.56. The third-order valence-electron chi connectivity index (χ3n) is 2.43. The number of fused-ring (bicyclic) bond motifs is 1. The summed E-state index contributed by atoms with van der Waals surface area (Å²) in [4.78, 5) is 4.35. The van der Waals surface area contributed by atoms with E-state index >= 15 is 0 Å². The molecule has 3 heteroatoms. The predicted octanol–water partition coefficient (Wildman–Crippen LogP) is 1.74. The third kappa shape index (κ3) is 1.78. The number of benzene rings is 1. The molecule has 1 aromatic heterocycles. The van der Waals surface area contributed by atoms with Crippen LogP contribution in [-0.4, -0.2) is 18.6 Å². The molecule has 0 saturated heterocycles. The molecule has 0 unspecified atom stereocenters. The second-order valence-electron chi connectivity index (χ2n) is 3.35. The highest BCUT2D eigenvalue weighted by Gasteiger charge is 2.06. The molecule has 0 spiro atoms. The maximum Gasteiger partial charge on any atom is 0.128 e. The molecule has 1 aromatic carbocycles. The molecule has 3 nitrogen and oxygen atoms in total. The first-order valence-electron chi connectivity index (χ1n) is 4.97. The summed E-state index contributed by atoms with van der Waals surface area (Å²) in [6, 6.07) is 7.97. The summed E-state index contributed by atoms with van der Waals surface area (Å²) in [5, 5.41) is 2.22. The standard InChI is InChI=1S/C12H14N2O/c1-15-11-4-2-3-9-6-8-14-10(5-7-13)12(9)11/h2-4,6,8H,5,7,13H2,1H3. The van der Waals surface area contributed by atoms with Crippen molar-refractivity contribution < 1.29 is 4.74 Å². The molecule has 0 bridgehead atoms. The Balaban J connectivity index is 2.69. The molecule has 2 N–H and O–H groups in total. The van der Waals surface area contributed by atoms with Gasteiger partial charge in [0.15, 0.2) is 0 Å². The zero-order chi connectivity index (χ0) is 10.7. The van der Waals surface area contributed by atoms with Crippen molar-refractivity contribution in [3.63, 3.8) is 0 Å². The van der Waals surface area contributed by atoms with Crippen molar-refractivity contribution >= 4 is 10.8 Å². The van der Waals surface area contributed by atoms with Crippen molar-refractivity contribution in [2.45, 2.75) is 6.42 Å². The number of aromatic nitrogens is 1. The lowest BCUT2D eigenvalue weighted by molar-refractivity contribution is 0.419. The highest BCUT2D eigenvalue weighted by atomic mass is 16.5. The van der Waals surface area contributed by atoms with Crippen molar-refractivity contribution in [2.75, 3.05) is 13.7 Å². The minimum atomic E-state index is 0.601. The minimum absolute atomic E-state index is 0.601. The second kappa shape index (κ2) is 4.28. The van der Waals surface area contributed by atoms with Crippen LogP contribution in [0.15, 0.2) is 30.5 Å². The average Bonchev–Trinajstić information content (AvgIpc) is 2.29. The van der Waals surface area contributed by atoms with Crippen LogP contribution in [0.2, 0.25) is 0 Å². The molecule has 0 saturated carbocycles. The summed E-state index contributed by atoms with van der Waals surface area (Å²) < 4.78 is 5.33. The van der Waals surface area contributed by atoms with E-state index in [1.807, 2.05) is 24.4 Å². The molecular weight excluding hydrogens is 188 g/mol. The zero-order valence-corrected chi connectivity index (χ0v) is 8.73. The average molecular weight is 202 g/mol. The molecule has 0 aliphatic carbocycles. The van der Waals surface area contributed by atoms with Crippen LogP contribution in [0.1, 0.15) is 5.69 Å². The molecule has 0 radical (unpaired) electrons. The second-order valence-corrected chi connectivity index (χ2v) is 3.35. The number of pyridine rings is 1. The van der Waals surface area contributed by atoms with Crippen molar-refractivity contribution in [3.8, 4) is 5.75 Å². The molecule has 0 fully saturated rings. The number of rotatable bonds is 3. The largest absolute Gasteiger partial charge is 0.496 e. The summed E-state index contributed by atoms with van der Waals surface area (Å²) in [5.74, 6) is 0.865. The quantitative estimate of drug-likeness (QED) is 0.824. The summed E-state index contributed by atoms with van der Waals surface area (Å²) in [6.07, 6.45) is 2.59. The van der Waals surface area contributed by atoms with Gasteiger partial charge in [-0.3, -0.25) is 4.98 Å². The van der Waals surface area contributed by atoms with Gasteiger partial charge in [-0.15, -0.1) is 0 Å². The van der Waals surface area contributed by atoms with Crippen molar-refractivity contribution in [1.82, 2.24) is 4.98 Å². The van der Waals surface area contributed by atoms with Gasteiger partial charge in [-0.2, -0.15) is 0 Å². The van der Waals surface area contributed by atoms with E-state index in [2.05, 4.69) is 11.1 Å². The summed E-state index contributed by atoms with van der Waals surface area (Å²) in [7, 11) is 1.67. The molecule has 0 aliphatic rings. The Kier molecular flexibility index (Phi) is 2.83. The van der Waals surface area contributed by atoms with Crippen molar-refractivity contribution in [3.05, 3.63) is 36.2 Å². The highest BCUT2D eigenvalue weighted by molar-refractivity contribution is 5.90. The topological polar surface area (TPSA) is 48.1 Å². The van der Waals surface area contributed by atoms with Gasteiger partial charge in [0.05, 0.1) is 12.8 Å². The molecule has 0 atom stereocenters. The molecule has 78 valence electrons. The van der Waals surface area contributed by atoms with Crippen LogP contribution in [0.5, 0.6) is 5.75 Å². The van der Waals surface area contributed by atoms with E-state index in [1.165, 1.54) is 0 Å². The Labute approximate surface area is 88.9 Å². The van der Waals surface area contributed by atoms with Crippen LogP contribution in [-0.2, 0) is 6.42 Å². The molecule has 15 heavy (non-hydrogen) atoms. The number of methoxy groups -OCH3 is 1. The number of nitrogens with zero attached hydrogens (tertiary/aromatic N) is 1. The lowest BCUT2D eigenvalue weighted by atomic mass is 10.1. The van der Waals surface area contributed by atoms with Gasteiger partial charge in [0.2, 0.25) is 0 Å². The Bertz CT molecular complexity index is 463. The van der Waals surface area contributed by atoms with Crippen LogP contribution >= 0.6 is 0 Å². The summed E-state index contributed by atoms with van der Waals surface area (Å²) in [5.41, 5.74) is 6.57. The Morgan fingerprint density at radius 2 is 2.20 bits per heavy atom. The predicted molar refractivity (Wildman–Crippen MR) is 61.1 cm³/mol. The number of hydrogen-bond donors (Lipinski definition) is 1. The van der Waals surface area contributed by atoms with E-state index in [0.29, 0.717) is 6.54 Å². The molecule has 1 heterocycles.